The molecule has 0 radical (unpaired) electrons. The van der Waals surface area contributed by atoms with Crippen molar-refractivity contribution in [2.24, 2.45) is 0 Å². The highest BCUT2D eigenvalue weighted by atomic mass is 16.6. The van der Waals surface area contributed by atoms with Crippen LogP contribution in [0.4, 0.5) is 0 Å². The van der Waals surface area contributed by atoms with Crippen molar-refractivity contribution >= 4 is 11.9 Å². The van der Waals surface area contributed by atoms with Gasteiger partial charge in [-0.25, -0.2) is 4.79 Å². The number of nitrogens with one attached hydrogen (secondary N) is 1. The topological polar surface area (TPSA) is 102 Å². The van der Waals surface area contributed by atoms with Crippen LogP contribution in [-0.4, -0.2) is 60.6 Å². The van der Waals surface area contributed by atoms with E-state index in [2.05, 4.69) is 5.32 Å². The van der Waals surface area contributed by atoms with Gasteiger partial charge in [0.2, 0.25) is 5.91 Å². The summed E-state index contributed by atoms with van der Waals surface area (Å²) in [6, 6.07) is 38.6. The predicted molar refractivity (Wildman–Crippen MR) is 198 cm³/mol. The van der Waals surface area contributed by atoms with Crippen molar-refractivity contribution in [3.63, 3.8) is 0 Å². The van der Waals surface area contributed by atoms with Gasteiger partial charge in [-0.05, 0) is 43.0 Å². The molecule has 9 nitrogen and oxygen atoms in total. The lowest BCUT2D eigenvalue weighted by Crippen LogP contribution is -2.65. The number of hydrogen-bond donors (Lipinski definition) is 1. The van der Waals surface area contributed by atoms with Crippen LogP contribution in [0.15, 0.2) is 121 Å². The van der Waals surface area contributed by atoms with Crippen molar-refractivity contribution in [3.8, 4) is 0 Å². The third-order valence-electron chi connectivity index (χ3n) is 8.54. The van der Waals surface area contributed by atoms with Gasteiger partial charge in [0.05, 0.1) is 45.2 Å². The van der Waals surface area contributed by atoms with Gasteiger partial charge < -0.3 is 33.7 Å². The Morgan fingerprint density at radius 2 is 1.19 bits per heavy atom. The summed E-state index contributed by atoms with van der Waals surface area (Å²) in [6.45, 7) is 8.15. The van der Waals surface area contributed by atoms with Gasteiger partial charge in [0.1, 0.15) is 23.9 Å². The zero-order valence-corrected chi connectivity index (χ0v) is 30.5. The molecule has 0 bridgehead atoms. The molecule has 0 unspecified atom stereocenters. The summed E-state index contributed by atoms with van der Waals surface area (Å²) in [4.78, 5) is 26.6. The quantitative estimate of drug-likeness (QED) is 0.118. The Labute approximate surface area is 307 Å². The second-order valence-corrected chi connectivity index (χ2v) is 14.0. The number of hydrogen-bond acceptors (Lipinski definition) is 8. The summed E-state index contributed by atoms with van der Waals surface area (Å²) < 4.78 is 38.9. The molecule has 0 aliphatic carbocycles. The van der Waals surface area contributed by atoms with Crippen molar-refractivity contribution < 1.29 is 38.0 Å². The fourth-order valence-corrected chi connectivity index (χ4v) is 6.12. The van der Waals surface area contributed by atoms with Crippen LogP contribution >= 0.6 is 0 Å². The molecule has 0 aromatic heterocycles. The molecular weight excluding hydrogens is 658 g/mol. The van der Waals surface area contributed by atoms with Crippen molar-refractivity contribution in [2.45, 2.75) is 103 Å². The second-order valence-electron chi connectivity index (χ2n) is 14.0. The van der Waals surface area contributed by atoms with Crippen LogP contribution < -0.4 is 5.32 Å². The van der Waals surface area contributed by atoms with Crippen LogP contribution in [0.5, 0.6) is 0 Å². The van der Waals surface area contributed by atoms with Crippen molar-refractivity contribution in [1.29, 1.82) is 0 Å². The summed E-state index contributed by atoms with van der Waals surface area (Å²) >= 11 is 0. The fourth-order valence-electron chi connectivity index (χ4n) is 6.12. The molecule has 4 aromatic carbocycles. The minimum absolute atomic E-state index is 0.139. The molecule has 1 amide bonds. The summed E-state index contributed by atoms with van der Waals surface area (Å²) in [5.74, 6) is -0.789. The molecule has 4 aromatic rings. The molecule has 1 N–H and O–H groups in total. The van der Waals surface area contributed by atoms with Gasteiger partial charge in [-0.3, -0.25) is 4.79 Å². The zero-order chi connectivity index (χ0) is 36.8. The van der Waals surface area contributed by atoms with Gasteiger partial charge in [-0.2, -0.15) is 0 Å². The lowest BCUT2D eigenvalue weighted by Gasteiger charge is -2.46. The van der Waals surface area contributed by atoms with Crippen molar-refractivity contribution in [1.82, 2.24) is 5.32 Å². The van der Waals surface area contributed by atoms with Crippen LogP contribution in [-0.2, 0) is 64.4 Å². The molecule has 0 saturated carbocycles. The van der Waals surface area contributed by atoms with E-state index < -0.39 is 48.1 Å². The van der Waals surface area contributed by atoms with E-state index in [0.29, 0.717) is 6.61 Å². The number of rotatable bonds is 17. The van der Waals surface area contributed by atoms with Crippen LogP contribution in [0, 0.1) is 0 Å². The third kappa shape index (κ3) is 12.4. The number of carbonyl (C=O) groups is 2. The SMILES string of the molecule is CC(=O)N[C@H]1[C@H]([C@H](OCc2ccccc2)[C@@H](COCc2ccccc2)OCc2ccccc2)O[C@H](C(=O)OC(C)(C)C)C[C@@H]1OCc1ccccc1. The van der Waals surface area contributed by atoms with Gasteiger partial charge in [0.15, 0.2) is 6.10 Å². The average molecular weight is 710 g/mol. The monoisotopic (exact) mass is 709 g/mol. The van der Waals surface area contributed by atoms with Gasteiger partial charge >= 0.3 is 5.97 Å². The minimum Gasteiger partial charge on any atom is -0.458 e. The van der Waals surface area contributed by atoms with Crippen LogP contribution in [0.2, 0.25) is 0 Å². The average Bonchev–Trinajstić information content (AvgIpc) is 3.14. The predicted octanol–water partition coefficient (Wildman–Crippen LogP) is 6.96. The van der Waals surface area contributed by atoms with Gasteiger partial charge in [0, 0.05) is 13.3 Å². The van der Waals surface area contributed by atoms with E-state index in [1.807, 2.05) is 142 Å². The maximum atomic E-state index is 13.7. The molecule has 5 rings (SSSR count). The lowest BCUT2D eigenvalue weighted by atomic mass is 9.89. The standard InChI is InChI=1S/C43H51NO8/c1-31(45)44-39-36(48-27-33-19-11-6-12-20-33)25-37(42(46)52-43(2,3)4)51-41(39)40(50-29-35-23-15-8-16-24-35)38(49-28-34-21-13-7-14-22-34)30-47-26-32-17-9-5-10-18-32/h5-24,36-41H,25-30H2,1-4H3,(H,44,45)/t36-,37-,38+,39+,40+,41+/m0/s1. The zero-order valence-electron chi connectivity index (χ0n) is 30.5. The van der Waals surface area contributed by atoms with E-state index in [9.17, 15) is 9.59 Å². The number of carbonyl (C=O) groups excluding carboxylic acids is 2. The molecule has 1 aliphatic rings. The molecule has 1 saturated heterocycles. The van der Waals surface area contributed by atoms with Gasteiger partial charge in [-0.15, -0.1) is 0 Å². The summed E-state index contributed by atoms with van der Waals surface area (Å²) in [6.07, 6.45) is -3.90. The Balaban J connectivity index is 1.52. The molecule has 52 heavy (non-hydrogen) atoms. The van der Waals surface area contributed by atoms with E-state index >= 15 is 0 Å². The number of esters is 1. The highest BCUT2D eigenvalue weighted by molar-refractivity contribution is 5.76. The van der Waals surface area contributed by atoms with Gasteiger partial charge in [0.25, 0.3) is 0 Å². The fraction of sp³-hybridized carbons (Fsp3) is 0.395. The van der Waals surface area contributed by atoms with Crippen molar-refractivity contribution in [2.75, 3.05) is 6.61 Å². The minimum atomic E-state index is -1.00. The molecule has 1 aliphatic heterocycles. The highest BCUT2D eigenvalue weighted by Gasteiger charge is 2.49. The summed E-state index contributed by atoms with van der Waals surface area (Å²) in [5.41, 5.74) is 3.12. The Hall–Kier alpha value is -4.38. The van der Waals surface area contributed by atoms with Crippen LogP contribution in [0.1, 0.15) is 56.4 Å². The number of amides is 1. The van der Waals surface area contributed by atoms with Crippen LogP contribution in [0.3, 0.4) is 0 Å². The van der Waals surface area contributed by atoms with E-state index in [1.165, 1.54) is 6.92 Å². The normalized spacial score (nSPS) is 20.1. The van der Waals surface area contributed by atoms with Crippen molar-refractivity contribution in [3.05, 3.63) is 144 Å². The second kappa shape index (κ2) is 19.5. The first-order valence-electron chi connectivity index (χ1n) is 17.9. The number of benzene rings is 4. The molecule has 276 valence electrons. The lowest BCUT2D eigenvalue weighted by molar-refractivity contribution is -0.227. The molecule has 1 heterocycles. The highest BCUT2D eigenvalue weighted by Crippen LogP contribution is 2.32. The van der Waals surface area contributed by atoms with E-state index in [1.54, 1.807) is 0 Å². The van der Waals surface area contributed by atoms with Gasteiger partial charge in [-0.1, -0.05) is 121 Å². The molecule has 6 atom stereocenters. The smallest absolute Gasteiger partial charge is 0.335 e. The first-order valence-corrected chi connectivity index (χ1v) is 17.9. The summed E-state index contributed by atoms with van der Waals surface area (Å²) in [7, 11) is 0. The largest absolute Gasteiger partial charge is 0.458 e. The molecular formula is C43H51NO8. The molecule has 9 heteroatoms. The first kappa shape index (κ1) is 38.8. The summed E-state index contributed by atoms with van der Waals surface area (Å²) in [5, 5.41) is 3.10. The van der Waals surface area contributed by atoms with E-state index in [4.69, 9.17) is 28.4 Å². The maximum absolute atomic E-state index is 13.7. The Bertz CT molecular complexity index is 1630. The van der Waals surface area contributed by atoms with Crippen LogP contribution in [0.25, 0.3) is 0 Å². The Morgan fingerprint density at radius 3 is 1.69 bits per heavy atom. The Morgan fingerprint density at radius 1 is 0.712 bits per heavy atom. The maximum Gasteiger partial charge on any atom is 0.335 e. The molecule has 0 spiro atoms. The number of ether oxygens (including phenoxy) is 6. The first-order chi connectivity index (χ1) is 25.1. The molecule has 1 fully saturated rings. The van der Waals surface area contributed by atoms with E-state index in [0.717, 1.165) is 22.3 Å². The van der Waals surface area contributed by atoms with E-state index in [-0.39, 0.29) is 38.8 Å². The third-order valence-corrected chi connectivity index (χ3v) is 8.54. The Kier molecular flexibility index (Phi) is 14.5.